The van der Waals surface area contributed by atoms with E-state index < -0.39 is 0 Å². The molecule has 0 heterocycles. The van der Waals surface area contributed by atoms with Crippen molar-refractivity contribution in [3.8, 4) is 0 Å². The summed E-state index contributed by atoms with van der Waals surface area (Å²) in [5.74, 6) is -0.541. The minimum atomic E-state index is -0.323. The van der Waals surface area contributed by atoms with Crippen molar-refractivity contribution in [1.82, 2.24) is 10.4 Å². The van der Waals surface area contributed by atoms with Crippen molar-refractivity contribution < 1.29 is 9.59 Å². The second-order valence-corrected chi connectivity index (χ2v) is 8.87. The van der Waals surface area contributed by atoms with Crippen molar-refractivity contribution >= 4 is 27.7 Å². The summed E-state index contributed by atoms with van der Waals surface area (Å²) in [6.45, 7) is 12.0. The summed E-state index contributed by atoms with van der Waals surface area (Å²) in [6.07, 6.45) is 0. The van der Waals surface area contributed by atoms with Gasteiger partial charge in [0, 0.05) is 10.0 Å². The Morgan fingerprint density at radius 2 is 1.59 bits per heavy atom. The molecule has 2 aromatic carbocycles. The smallest absolute Gasteiger partial charge is 0.267 e. The normalized spacial score (nSPS) is 12.4. The molecule has 0 aromatic heterocycles. The monoisotopic (exact) mass is 430 g/mol. The molecule has 0 bridgehead atoms. The lowest BCUT2D eigenvalue weighted by atomic mass is 9.87. The van der Waals surface area contributed by atoms with Gasteiger partial charge in [0.25, 0.3) is 11.8 Å². The van der Waals surface area contributed by atoms with Gasteiger partial charge in [-0.1, -0.05) is 50.1 Å². The van der Waals surface area contributed by atoms with Crippen LogP contribution in [0.3, 0.4) is 0 Å². The molecule has 0 fully saturated rings. The van der Waals surface area contributed by atoms with Gasteiger partial charge >= 0.3 is 0 Å². The molecule has 2 aromatic rings. The number of benzene rings is 2. The van der Waals surface area contributed by atoms with Crippen molar-refractivity contribution in [2.45, 2.75) is 47.6 Å². The number of nitrogens with one attached hydrogen (secondary N) is 1. The Morgan fingerprint density at radius 3 is 2.11 bits per heavy atom. The fourth-order valence-corrected chi connectivity index (χ4v) is 3.23. The number of aryl methyl sites for hydroxylation is 2. The Hall–Kier alpha value is -2.14. The minimum Gasteiger partial charge on any atom is -0.267 e. The van der Waals surface area contributed by atoms with Crippen LogP contribution in [0.1, 0.15) is 59.5 Å². The first-order chi connectivity index (χ1) is 12.5. The fraction of sp³-hybridized carbons (Fsp3) is 0.364. The number of hydrazine groups is 1. The van der Waals surface area contributed by atoms with E-state index in [9.17, 15) is 9.59 Å². The molecule has 0 unspecified atom stereocenters. The third kappa shape index (κ3) is 5.19. The van der Waals surface area contributed by atoms with E-state index in [1.54, 1.807) is 18.2 Å². The predicted octanol–water partition coefficient (Wildman–Crippen LogP) is 5.29. The van der Waals surface area contributed by atoms with E-state index in [-0.39, 0.29) is 23.3 Å². The standard InChI is InChI=1S/C22H27BrN2O2/c1-14-11-15(2)13-17(12-14)21(27)25(16(3)22(4,5)6)24-20(26)18-9-7-8-10-19(18)23/h7-13,16H,1-6H3,(H,24,26)/t16-/m1/s1. The molecule has 0 saturated heterocycles. The van der Waals surface area contributed by atoms with Gasteiger partial charge in [0.1, 0.15) is 0 Å². The van der Waals surface area contributed by atoms with E-state index >= 15 is 0 Å². The number of nitrogens with zero attached hydrogens (tertiary/aromatic N) is 1. The van der Waals surface area contributed by atoms with Gasteiger partial charge in [0.2, 0.25) is 0 Å². The topological polar surface area (TPSA) is 49.4 Å². The molecule has 1 N–H and O–H groups in total. The summed E-state index contributed by atoms with van der Waals surface area (Å²) in [4.78, 5) is 26.1. The zero-order valence-corrected chi connectivity index (χ0v) is 18.3. The molecule has 2 amide bonds. The summed E-state index contributed by atoms with van der Waals surface area (Å²) in [7, 11) is 0. The lowest BCUT2D eigenvalue weighted by molar-refractivity contribution is 0.0336. The van der Waals surface area contributed by atoms with Gasteiger partial charge in [0.15, 0.2) is 0 Å². The van der Waals surface area contributed by atoms with Crippen LogP contribution in [0.2, 0.25) is 0 Å². The van der Waals surface area contributed by atoms with E-state index in [0.717, 1.165) is 11.1 Å². The third-order valence-corrected chi connectivity index (χ3v) is 5.36. The van der Waals surface area contributed by atoms with Crippen LogP contribution >= 0.6 is 15.9 Å². The molecule has 5 heteroatoms. The first kappa shape index (κ1) is 21.2. The molecule has 27 heavy (non-hydrogen) atoms. The zero-order valence-electron chi connectivity index (χ0n) is 16.8. The zero-order chi connectivity index (χ0) is 20.4. The molecule has 0 aliphatic carbocycles. The molecule has 0 spiro atoms. The molecule has 0 aliphatic heterocycles. The molecule has 0 radical (unpaired) electrons. The van der Waals surface area contributed by atoms with Crippen LogP contribution in [0, 0.1) is 19.3 Å². The van der Waals surface area contributed by atoms with E-state index in [4.69, 9.17) is 0 Å². The van der Waals surface area contributed by atoms with Gasteiger partial charge in [-0.25, -0.2) is 5.01 Å². The maximum atomic E-state index is 13.3. The first-order valence-corrected chi connectivity index (χ1v) is 9.77. The number of rotatable bonds is 3. The van der Waals surface area contributed by atoms with Crippen LogP contribution in [0.5, 0.6) is 0 Å². The van der Waals surface area contributed by atoms with E-state index in [0.29, 0.717) is 15.6 Å². The molecule has 2 rings (SSSR count). The summed E-state index contributed by atoms with van der Waals surface area (Å²) in [5.41, 5.74) is 5.69. The second-order valence-electron chi connectivity index (χ2n) is 8.01. The summed E-state index contributed by atoms with van der Waals surface area (Å²) in [6, 6.07) is 12.7. The molecule has 0 aliphatic rings. The van der Waals surface area contributed by atoms with Gasteiger partial charge in [-0.05, 0) is 66.4 Å². The SMILES string of the molecule is Cc1cc(C)cc(C(=O)N(NC(=O)c2ccccc2Br)[C@H](C)C(C)(C)C)c1. The highest BCUT2D eigenvalue weighted by molar-refractivity contribution is 9.10. The Kier molecular flexibility index (Phi) is 6.47. The highest BCUT2D eigenvalue weighted by atomic mass is 79.9. The maximum absolute atomic E-state index is 13.3. The number of halogens is 1. The largest absolute Gasteiger partial charge is 0.272 e. The lowest BCUT2D eigenvalue weighted by Gasteiger charge is -2.37. The fourth-order valence-electron chi connectivity index (χ4n) is 2.76. The van der Waals surface area contributed by atoms with Crippen LogP contribution in [0.15, 0.2) is 46.9 Å². The van der Waals surface area contributed by atoms with Gasteiger partial charge in [0.05, 0.1) is 11.6 Å². The molecular formula is C22H27BrN2O2. The summed E-state index contributed by atoms with van der Waals surface area (Å²) < 4.78 is 0.685. The van der Waals surface area contributed by atoms with E-state index in [2.05, 4.69) is 21.4 Å². The third-order valence-electron chi connectivity index (χ3n) is 4.67. The van der Waals surface area contributed by atoms with Gasteiger partial charge in [-0.2, -0.15) is 0 Å². The van der Waals surface area contributed by atoms with Crippen molar-refractivity contribution in [2.75, 3.05) is 0 Å². The second kappa shape index (κ2) is 8.26. The average molecular weight is 431 g/mol. The van der Waals surface area contributed by atoms with E-state index in [1.165, 1.54) is 5.01 Å². The molecule has 1 atom stereocenters. The molecule has 0 saturated carbocycles. The number of carbonyl (C=O) groups is 2. The maximum Gasteiger partial charge on any atom is 0.272 e. The van der Waals surface area contributed by atoms with Crippen LogP contribution in [-0.4, -0.2) is 22.9 Å². The number of carbonyl (C=O) groups excluding carboxylic acids is 2. The summed E-state index contributed by atoms with van der Waals surface area (Å²) in [5, 5.41) is 1.45. The van der Waals surface area contributed by atoms with Gasteiger partial charge < -0.3 is 0 Å². The Labute approximate surface area is 170 Å². The quantitative estimate of drug-likeness (QED) is 0.672. The summed E-state index contributed by atoms with van der Waals surface area (Å²) >= 11 is 3.40. The van der Waals surface area contributed by atoms with Crippen molar-refractivity contribution in [2.24, 2.45) is 5.41 Å². The molecule has 144 valence electrons. The highest BCUT2D eigenvalue weighted by Gasteiger charge is 2.32. The van der Waals surface area contributed by atoms with Gasteiger partial charge in [-0.15, -0.1) is 0 Å². The highest BCUT2D eigenvalue weighted by Crippen LogP contribution is 2.25. The Balaban J connectivity index is 2.41. The van der Waals surface area contributed by atoms with Crippen molar-refractivity contribution in [1.29, 1.82) is 0 Å². The van der Waals surface area contributed by atoms with Crippen LogP contribution in [0.25, 0.3) is 0 Å². The molecular weight excluding hydrogens is 404 g/mol. The van der Waals surface area contributed by atoms with Crippen LogP contribution < -0.4 is 5.43 Å². The molecule has 4 nitrogen and oxygen atoms in total. The average Bonchev–Trinajstić information content (AvgIpc) is 2.57. The number of hydrogen-bond donors (Lipinski definition) is 1. The number of hydrogen-bond acceptors (Lipinski definition) is 2. The number of amides is 2. The van der Waals surface area contributed by atoms with E-state index in [1.807, 2.05) is 65.8 Å². The van der Waals surface area contributed by atoms with Gasteiger partial charge in [-0.3, -0.25) is 15.0 Å². The van der Waals surface area contributed by atoms with Crippen LogP contribution in [-0.2, 0) is 0 Å². The minimum absolute atomic E-state index is 0.211. The lowest BCUT2D eigenvalue weighted by Crippen LogP contribution is -2.55. The first-order valence-electron chi connectivity index (χ1n) is 8.98. The predicted molar refractivity (Wildman–Crippen MR) is 113 cm³/mol. The van der Waals surface area contributed by atoms with Crippen molar-refractivity contribution in [3.63, 3.8) is 0 Å². The Bertz CT molecular complexity index is 835. The van der Waals surface area contributed by atoms with Crippen LogP contribution in [0.4, 0.5) is 0 Å². The van der Waals surface area contributed by atoms with Crippen molar-refractivity contribution in [3.05, 3.63) is 69.2 Å². The Morgan fingerprint density at radius 1 is 1.04 bits per heavy atom.